The Hall–Kier alpha value is -2.00. The Labute approximate surface area is 95.9 Å². The van der Waals surface area contributed by atoms with Gasteiger partial charge in [-0.15, -0.1) is 0 Å². The molecule has 0 amide bonds. The highest BCUT2D eigenvalue weighted by Gasteiger charge is 2.21. The minimum absolute atomic E-state index is 0.251. The van der Waals surface area contributed by atoms with Gasteiger partial charge in [0.2, 0.25) is 0 Å². The first-order valence-electron chi connectivity index (χ1n) is 5.20. The van der Waals surface area contributed by atoms with Gasteiger partial charge in [0, 0.05) is 0 Å². The van der Waals surface area contributed by atoms with Crippen molar-refractivity contribution in [3.05, 3.63) is 29.8 Å². The molecule has 1 aromatic rings. The molecule has 0 spiro atoms. The molecule has 1 rings (SSSR count). The van der Waals surface area contributed by atoms with Crippen LogP contribution in [0, 0.1) is 28.6 Å². The van der Waals surface area contributed by atoms with Crippen LogP contribution in [-0.2, 0) is 0 Å². The topological polar surface area (TPSA) is 56.8 Å². The number of hydrogen-bond acceptors (Lipinski definition) is 3. The van der Waals surface area contributed by atoms with Crippen molar-refractivity contribution < 1.29 is 4.74 Å². The van der Waals surface area contributed by atoms with Gasteiger partial charge in [0.25, 0.3) is 0 Å². The minimum atomic E-state index is -0.360. The van der Waals surface area contributed by atoms with E-state index in [0.29, 0.717) is 6.42 Å². The fourth-order valence-electron chi connectivity index (χ4n) is 1.61. The molecule has 2 atom stereocenters. The van der Waals surface area contributed by atoms with Crippen molar-refractivity contribution in [3.63, 3.8) is 0 Å². The van der Waals surface area contributed by atoms with E-state index in [0.717, 1.165) is 11.3 Å². The zero-order valence-corrected chi connectivity index (χ0v) is 9.47. The molecule has 0 N–H and O–H groups in total. The van der Waals surface area contributed by atoms with Crippen LogP contribution in [0.25, 0.3) is 0 Å². The van der Waals surface area contributed by atoms with E-state index in [-0.39, 0.29) is 11.8 Å². The molecule has 0 heterocycles. The number of nitriles is 2. The maximum absolute atomic E-state index is 9.11. The van der Waals surface area contributed by atoms with Gasteiger partial charge in [0.05, 0.1) is 31.1 Å². The summed E-state index contributed by atoms with van der Waals surface area (Å²) in [6, 6.07) is 11.7. The maximum Gasteiger partial charge on any atom is 0.118 e. The van der Waals surface area contributed by atoms with Crippen LogP contribution in [-0.4, -0.2) is 7.11 Å². The third-order valence-electron chi connectivity index (χ3n) is 2.62. The van der Waals surface area contributed by atoms with Gasteiger partial charge < -0.3 is 4.74 Å². The highest BCUT2D eigenvalue weighted by molar-refractivity contribution is 5.33. The van der Waals surface area contributed by atoms with E-state index >= 15 is 0 Å². The van der Waals surface area contributed by atoms with Gasteiger partial charge in [-0.1, -0.05) is 19.1 Å². The summed E-state index contributed by atoms with van der Waals surface area (Å²) >= 11 is 0. The molecule has 0 aromatic heterocycles. The Morgan fingerprint density at radius 3 is 2.19 bits per heavy atom. The van der Waals surface area contributed by atoms with E-state index in [1.807, 2.05) is 31.2 Å². The van der Waals surface area contributed by atoms with Crippen LogP contribution in [0.4, 0.5) is 0 Å². The lowest BCUT2D eigenvalue weighted by Gasteiger charge is -2.13. The van der Waals surface area contributed by atoms with Crippen molar-refractivity contribution >= 4 is 0 Å². The van der Waals surface area contributed by atoms with Gasteiger partial charge >= 0.3 is 0 Å². The van der Waals surface area contributed by atoms with Crippen LogP contribution in [0.5, 0.6) is 5.75 Å². The number of ether oxygens (including phenoxy) is 1. The lowest BCUT2D eigenvalue weighted by molar-refractivity contribution is 0.414. The largest absolute Gasteiger partial charge is 0.497 e. The molecule has 0 radical (unpaired) electrons. The molecule has 0 aliphatic carbocycles. The molecular weight excluding hydrogens is 200 g/mol. The van der Waals surface area contributed by atoms with E-state index in [2.05, 4.69) is 12.1 Å². The van der Waals surface area contributed by atoms with Crippen LogP contribution in [0.3, 0.4) is 0 Å². The first-order chi connectivity index (χ1) is 7.76. The lowest BCUT2D eigenvalue weighted by Crippen LogP contribution is -2.08. The molecule has 0 saturated carbocycles. The Morgan fingerprint density at radius 1 is 1.19 bits per heavy atom. The number of rotatable bonds is 4. The number of benzene rings is 1. The first-order valence-corrected chi connectivity index (χ1v) is 5.20. The molecule has 0 bridgehead atoms. The second kappa shape index (κ2) is 5.78. The van der Waals surface area contributed by atoms with Gasteiger partial charge in [-0.05, 0) is 24.1 Å². The van der Waals surface area contributed by atoms with E-state index in [4.69, 9.17) is 15.3 Å². The molecule has 1 aromatic carbocycles. The van der Waals surface area contributed by atoms with Crippen molar-refractivity contribution in [2.24, 2.45) is 5.92 Å². The Bertz CT molecular complexity index is 411. The highest BCUT2D eigenvalue weighted by Crippen LogP contribution is 2.27. The van der Waals surface area contributed by atoms with E-state index in [9.17, 15) is 0 Å². The average Bonchev–Trinajstić information content (AvgIpc) is 2.36. The molecule has 0 aliphatic heterocycles. The summed E-state index contributed by atoms with van der Waals surface area (Å²) < 4.78 is 5.05. The summed E-state index contributed by atoms with van der Waals surface area (Å²) in [5.41, 5.74) is 0.872. The van der Waals surface area contributed by atoms with Gasteiger partial charge in [-0.2, -0.15) is 10.5 Å². The van der Waals surface area contributed by atoms with E-state index in [1.54, 1.807) is 7.11 Å². The van der Waals surface area contributed by atoms with Crippen LogP contribution >= 0.6 is 0 Å². The molecule has 3 nitrogen and oxygen atoms in total. The minimum Gasteiger partial charge on any atom is -0.497 e. The standard InChI is InChI=1S/C13H14N2O/c1-3-10(8-14)13(9-15)11-4-6-12(16-2)7-5-11/h4-7,10,13H,3H2,1-2H3/t10-,13-/m0/s1. The predicted octanol–water partition coefficient (Wildman–Crippen LogP) is 2.85. The third-order valence-corrected chi connectivity index (χ3v) is 2.62. The van der Waals surface area contributed by atoms with Crippen LogP contribution in [0.2, 0.25) is 0 Å². The summed E-state index contributed by atoms with van der Waals surface area (Å²) in [5, 5.41) is 18.1. The SMILES string of the molecule is CC[C@@H](C#N)[C@H](C#N)c1ccc(OC)cc1. The van der Waals surface area contributed by atoms with Gasteiger partial charge in [-0.3, -0.25) is 0 Å². The lowest BCUT2D eigenvalue weighted by atomic mass is 9.86. The monoisotopic (exact) mass is 214 g/mol. The fraction of sp³-hybridized carbons (Fsp3) is 0.385. The Morgan fingerprint density at radius 2 is 1.81 bits per heavy atom. The molecule has 0 fully saturated rings. The molecular formula is C13H14N2O. The summed E-state index contributed by atoms with van der Waals surface area (Å²) in [5.74, 6) is 0.143. The van der Waals surface area contributed by atoms with Crippen LogP contribution in [0.1, 0.15) is 24.8 Å². The Kier molecular flexibility index (Phi) is 4.36. The molecule has 82 valence electrons. The predicted molar refractivity (Wildman–Crippen MR) is 60.7 cm³/mol. The van der Waals surface area contributed by atoms with Gasteiger partial charge in [-0.25, -0.2) is 0 Å². The van der Waals surface area contributed by atoms with Gasteiger partial charge in [0.1, 0.15) is 5.75 Å². The highest BCUT2D eigenvalue weighted by atomic mass is 16.5. The number of hydrogen-bond donors (Lipinski definition) is 0. The quantitative estimate of drug-likeness (QED) is 0.774. The van der Waals surface area contributed by atoms with E-state index < -0.39 is 0 Å². The van der Waals surface area contributed by atoms with Crippen LogP contribution in [0.15, 0.2) is 24.3 Å². The molecule has 3 heteroatoms. The van der Waals surface area contributed by atoms with Crippen LogP contribution < -0.4 is 4.74 Å². The summed E-state index contributed by atoms with van der Waals surface area (Å²) in [4.78, 5) is 0. The molecule has 0 saturated heterocycles. The van der Waals surface area contributed by atoms with Crippen molar-refractivity contribution in [3.8, 4) is 17.9 Å². The van der Waals surface area contributed by atoms with Crippen molar-refractivity contribution in [1.29, 1.82) is 10.5 Å². The molecule has 16 heavy (non-hydrogen) atoms. The van der Waals surface area contributed by atoms with Gasteiger partial charge in [0.15, 0.2) is 0 Å². The van der Waals surface area contributed by atoms with E-state index in [1.165, 1.54) is 0 Å². The van der Waals surface area contributed by atoms with Crippen molar-refractivity contribution in [2.75, 3.05) is 7.11 Å². The normalized spacial score (nSPS) is 13.2. The Balaban J connectivity index is 2.97. The smallest absolute Gasteiger partial charge is 0.118 e. The fourth-order valence-corrected chi connectivity index (χ4v) is 1.61. The zero-order valence-electron chi connectivity index (χ0n) is 9.47. The van der Waals surface area contributed by atoms with Crippen molar-refractivity contribution in [2.45, 2.75) is 19.3 Å². The molecule has 0 aliphatic rings. The average molecular weight is 214 g/mol. The maximum atomic E-state index is 9.11. The second-order valence-electron chi connectivity index (χ2n) is 3.52. The summed E-state index contributed by atoms with van der Waals surface area (Å²) in [6.45, 7) is 1.92. The summed E-state index contributed by atoms with van der Waals surface area (Å²) in [6.07, 6.45) is 0.681. The molecule has 0 unspecified atom stereocenters. The second-order valence-corrected chi connectivity index (χ2v) is 3.52. The van der Waals surface area contributed by atoms with Crippen molar-refractivity contribution in [1.82, 2.24) is 0 Å². The third kappa shape index (κ3) is 2.52. The first kappa shape index (κ1) is 12.1. The number of nitrogens with zero attached hydrogens (tertiary/aromatic N) is 2. The zero-order chi connectivity index (χ0) is 12.0. The number of methoxy groups -OCH3 is 1. The summed E-state index contributed by atoms with van der Waals surface area (Å²) in [7, 11) is 1.60.